The summed E-state index contributed by atoms with van der Waals surface area (Å²) in [5, 5.41) is 19.3. The van der Waals surface area contributed by atoms with Gasteiger partial charge in [-0.05, 0) is 18.2 Å². The number of nitrogen functional groups attached to an aromatic ring is 1. The van der Waals surface area contributed by atoms with E-state index < -0.39 is 11.4 Å². The Bertz CT molecular complexity index is 1270. The normalized spacial score (nSPS) is 10.2. The van der Waals surface area contributed by atoms with Crippen molar-refractivity contribution in [3.05, 3.63) is 74.3 Å². The summed E-state index contributed by atoms with van der Waals surface area (Å²) < 4.78 is 24.6. The van der Waals surface area contributed by atoms with Crippen LogP contribution in [0.4, 0.5) is 10.2 Å². The molecule has 3 aromatic rings. The molecule has 0 saturated carbocycles. The molecule has 3 N–H and O–H groups in total. The Kier molecular flexibility index (Phi) is 5.91. The fourth-order valence-corrected chi connectivity index (χ4v) is 3.15. The van der Waals surface area contributed by atoms with Gasteiger partial charge in [0.15, 0.2) is 11.5 Å². The molecule has 1 aromatic heterocycles. The first kappa shape index (κ1) is 20.7. The van der Waals surface area contributed by atoms with Gasteiger partial charge in [0, 0.05) is 16.7 Å². The van der Waals surface area contributed by atoms with Gasteiger partial charge in [-0.2, -0.15) is 10.5 Å². The van der Waals surface area contributed by atoms with E-state index in [2.05, 4.69) is 4.98 Å². The van der Waals surface area contributed by atoms with E-state index in [9.17, 15) is 19.7 Å². The lowest BCUT2D eigenvalue weighted by Gasteiger charge is -2.17. The molecule has 0 spiro atoms. The van der Waals surface area contributed by atoms with Crippen LogP contribution < -0.4 is 20.8 Å². The van der Waals surface area contributed by atoms with Crippen molar-refractivity contribution in [2.24, 2.45) is 0 Å². The highest BCUT2D eigenvalue weighted by Crippen LogP contribution is 2.41. The average Bonchev–Trinajstić information content (AvgIpc) is 2.72. The van der Waals surface area contributed by atoms with Gasteiger partial charge in [0.05, 0.1) is 12.1 Å². The Balaban J connectivity index is 2.21. The molecule has 0 bridgehead atoms. The van der Waals surface area contributed by atoms with Gasteiger partial charge in [-0.1, -0.05) is 29.8 Å². The fraction of sp³-hybridized carbons (Fsp3) is 0.0952. The van der Waals surface area contributed by atoms with Crippen LogP contribution in [0.3, 0.4) is 0 Å². The number of nitrogens with two attached hydrogens (primary N) is 1. The number of para-hydroxylation sites is 1. The zero-order valence-electron chi connectivity index (χ0n) is 15.6. The van der Waals surface area contributed by atoms with Gasteiger partial charge in [-0.25, -0.2) is 4.39 Å². The predicted octanol–water partition coefficient (Wildman–Crippen LogP) is 3.75. The van der Waals surface area contributed by atoms with Gasteiger partial charge >= 0.3 is 0 Å². The molecule has 0 aliphatic rings. The summed E-state index contributed by atoms with van der Waals surface area (Å²) in [6, 6.07) is 12.4. The molecule has 0 atom stereocenters. The largest absolute Gasteiger partial charge is 0.493 e. The third-order valence-electron chi connectivity index (χ3n) is 4.32. The number of hydrogen-bond donors (Lipinski definition) is 2. The number of rotatable bonds is 5. The van der Waals surface area contributed by atoms with Crippen LogP contribution in [0.1, 0.15) is 16.7 Å². The second-order valence-corrected chi connectivity index (χ2v) is 6.48. The number of anilines is 1. The number of halogens is 2. The van der Waals surface area contributed by atoms with Gasteiger partial charge in [-0.15, -0.1) is 0 Å². The number of pyridine rings is 1. The Labute approximate surface area is 175 Å². The molecule has 9 heteroatoms. The number of ether oxygens (including phenoxy) is 2. The van der Waals surface area contributed by atoms with Gasteiger partial charge in [0.1, 0.15) is 41.5 Å². The molecule has 0 fully saturated rings. The number of methoxy groups -OCH3 is 1. The number of hydrogen-bond acceptors (Lipinski definition) is 6. The van der Waals surface area contributed by atoms with E-state index >= 15 is 0 Å². The summed E-state index contributed by atoms with van der Waals surface area (Å²) in [5.74, 6) is -0.208. The SMILES string of the molecule is COc1cccc(-c2c(C#N)c(N)[nH]c(=O)c2C#N)c1OCc1ccc(F)cc1Cl. The van der Waals surface area contributed by atoms with E-state index in [0.29, 0.717) is 5.56 Å². The molecule has 0 saturated heterocycles. The van der Waals surface area contributed by atoms with Crippen LogP contribution in [0.2, 0.25) is 5.02 Å². The van der Waals surface area contributed by atoms with E-state index in [1.54, 1.807) is 18.2 Å². The lowest BCUT2D eigenvalue weighted by molar-refractivity contribution is 0.286. The maximum Gasteiger partial charge on any atom is 0.268 e. The summed E-state index contributed by atoms with van der Waals surface area (Å²) in [6.07, 6.45) is 0. The Morgan fingerprint density at radius 1 is 1.20 bits per heavy atom. The second-order valence-electron chi connectivity index (χ2n) is 6.08. The molecule has 0 radical (unpaired) electrons. The first-order valence-corrected chi connectivity index (χ1v) is 8.89. The Morgan fingerprint density at radius 3 is 2.57 bits per heavy atom. The monoisotopic (exact) mass is 424 g/mol. The third kappa shape index (κ3) is 3.77. The second kappa shape index (κ2) is 8.56. The van der Waals surface area contributed by atoms with E-state index in [-0.39, 0.29) is 51.2 Å². The maximum absolute atomic E-state index is 13.3. The molecule has 30 heavy (non-hydrogen) atoms. The van der Waals surface area contributed by atoms with E-state index in [1.807, 2.05) is 12.1 Å². The molecule has 3 rings (SSSR count). The van der Waals surface area contributed by atoms with Gasteiger partial charge < -0.3 is 20.2 Å². The molecule has 7 nitrogen and oxygen atoms in total. The fourth-order valence-electron chi connectivity index (χ4n) is 2.92. The Morgan fingerprint density at radius 2 is 1.93 bits per heavy atom. The van der Waals surface area contributed by atoms with Crippen molar-refractivity contribution in [1.29, 1.82) is 10.5 Å². The summed E-state index contributed by atoms with van der Waals surface area (Å²) in [7, 11) is 1.42. The molecule has 0 aliphatic heterocycles. The summed E-state index contributed by atoms with van der Waals surface area (Å²) in [5.41, 5.74) is 5.48. The van der Waals surface area contributed by atoms with Crippen LogP contribution in [-0.2, 0) is 6.61 Å². The average molecular weight is 425 g/mol. The minimum atomic E-state index is -0.737. The smallest absolute Gasteiger partial charge is 0.268 e. The van der Waals surface area contributed by atoms with Gasteiger partial charge in [-0.3, -0.25) is 4.79 Å². The number of aromatic nitrogens is 1. The van der Waals surface area contributed by atoms with Crippen molar-refractivity contribution in [2.75, 3.05) is 12.8 Å². The number of aromatic amines is 1. The molecule has 0 unspecified atom stereocenters. The van der Waals surface area contributed by atoms with E-state index in [1.165, 1.54) is 19.2 Å². The van der Waals surface area contributed by atoms with E-state index in [0.717, 1.165) is 6.07 Å². The first-order valence-electron chi connectivity index (χ1n) is 8.51. The van der Waals surface area contributed by atoms with Crippen LogP contribution in [0.15, 0.2) is 41.2 Å². The topological polar surface area (TPSA) is 125 Å². The van der Waals surface area contributed by atoms with Crippen LogP contribution in [-0.4, -0.2) is 12.1 Å². The maximum atomic E-state index is 13.3. The molecule has 0 amide bonds. The highest BCUT2D eigenvalue weighted by Gasteiger charge is 2.23. The zero-order chi connectivity index (χ0) is 21.8. The highest BCUT2D eigenvalue weighted by atomic mass is 35.5. The lowest BCUT2D eigenvalue weighted by Crippen LogP contribution is -2.16. The number of H-pyrrole nitrogens is 1. The van der Waals surface area contributed by atoms with Gasteiger partial charge in [0.25, 0.3) is 5.56 Å². The van der Waals surface area contributed by atoms with Crippen LogP contribution in [0.5, 0.6) is 11.5 Å². The number of nitrogens with one attached hydrogen (secondary N) is 1. The quantitative estimate of drug-likeness (QED) is 0.642. The van der Waals surface area contributed by atoms with Crippen LogP contribution in [0, 0.1) is 28.5 Å². The molecular formula is C21H14ClFN4O3. The van der Waals surface area contributed by atoms with Crippen molar-refractivity contribution in [1.82, 2.24) is 4.98 Å². The Hall–Kier alpha value is -4.01. The van der Waals surface area contributed by atoms with Crippen LogP contribution in [0.25, 0.3) is 11.1 Å². The number of nitriles is 2. The van der Waals surface area contributed by atoms with Crippen molar-refractivity contribution < 1.29 is 13.9 Å². The standard InChI is InChI=1S/C21H14ClFN4O3/c1-29-17-4-2-3-13(18-14(8-24)20(26)27-21(28)15(18)9-25)19(17)30-10-11-5-6-12(23)7-16(11)22/h2-7H,10H2,1H3,(H3,26,27,28). The van der Waals surface area contributed by atoms with Crippen LogP contribution >= 0.6 is 11.6 Å². The van der Waals surface area contributed by atoms with Crippen molar-refractivity contribution in [3.63, 3.8) is 0 Å². The summed E-state index contributed by atoms with van der Waals surface area (Å²) in [6.45, 7) is -0.0606. The third-order valence-corrected chi connectivity index (χ3v) is 4.68. The minimum Gasteiger partial charge on any atom is -0.493 e. The van der Waals surface area contributed by atoms with Gasteiger partial charge in [0.2, 0.25) is 0 Å². The van der Waals surface area contributed by atoms with E-state index in [4.69, 9.17) is 26.8 Å². The highest BCUT2D eigenvalue weighted by molar-refractivity contribution is 6.31. The minimum absolute atomic E-state index is 0.0281. The molecular weight excluding hydrogens is 411 g/mol. The summed E-state index contributed by atoms with van der Waals surface area (Å²) in [4.78, 5) is 14.6. The van der Waals surface area contributed by atoms with Crippen molar-refractivity contribution in [2.45, 2.75) is 6.61 Å². The number of nitrogens with zero attached hydrogens (tertiary/aromatic N) is 2. The molecule has 150 valence electrons. The first-order chi connectivity index (χ1) is 14.4. The predicted molar refractivity (Wildman–Crippen MR) is 109 cm³/mol. The van der Waals surface area contributed by atoms with Crippen molar-refractivity contribution >= 4 is 17.4 Å². The molecule has 2 aromatic carbocycles. The molecule has 0 aliphatic carbocycles. The lowest BCUT2D eigenvalue weighted by atomic mass is 9.95. The van der Waals surface area contributed by atoms with Crippen molar-refractivity contribution in [3.8, 4) is 34.8 Å². The summed E-state index contributed by atoms with van der Waals surface area (Å²) >= 11 is 6.06. The number of benzene rings is 2. The molecule has 1 heterocycles. The zero-order valence-corrected chi connectivity index (χ0v) is 16.4.